The van der Waals surface area contributed by atoms with Gasteiger partial charge in [-0.2, -0.15) is 0 Å². The summed E-state index contributed by atoms with van der Waals surface area (Å²) < 4.78 is 39.9. The highest BCUT2D eigenvalue weighted by Crippen LogP contribution is 2.30. The molecule has 2 N–H and O–H groups in total. The Kier molecular flexibility index (Phi) is 55.3. The van der Waals surface area contributed by atoms with Crippen molar-refractivity contribution in [2.24, 2.45) is 0 Å². The lowest BCUT2D eigenvalue weighted by atomic mass is 10.1. The van der Waals surface area contributed by atoms with E-state index in [1.807, 2.05) is 71.0 Å². The fourth-order valence-corrected chi connectivity index (χ4v) is 11.1. The van der Waals surface area contributed by atoms with Gasteiger partial charge in [-0.05, 0) is 193 Å². The van der Waals surface area contributed by atoms with Crippen molar-refractivity contribution in [1.29, 1.82) is 0 Å². The first-order valence-electron chi connectivity index (χ1n) is 38.3. The molecular formula is C86H141ClO9. The second kappa shape index (κ2) is 59.8. The fraction of sp³-hybridized carbons (Fsp3) is 0.651. The summed E-state index contributed by atoms with van der Waals surface area (Å²) >= 11 is 5.97. The number of phenols is 2. The lowest BCUT2D eigenvalue weighted by Gasteiger charge is -2.12. The van der Waals surface area contributed by atoms with Gasteiger partial charge in [0, 0.05) is 17.7 Å². The molecule has 546 valence electrons. The molecule has 0 heterocycles. The predicted molar refractivity (Wildman–Crippen MR) is 413 cm³/mol. The van der Waals surface area contributed by atoms with Crippen LogP contribution in [0.25, 0.3) is 0 Å². The first kappa shape index (κ1) is 88.8. The number of rotatable bonds is 48. The zero-order chi connectivity index (χ0) is 70.8. The summed E-state index contributed by atoms with van der Waals surface area (Å²) in [5, 5.41) is 19.9. The van der Waals surface area contributed by atoms with Crippen molar-refractivity contribution in [3.05, 3.63) is 128 Å². The van der Waals surface area contributed by atoms with Crippen LogP contribution in [0.5, 0.6) is 46.0 Å². The Balaban J connectivity index is 0.000000613. The van der Waals surface area contributed by atoms with E-state index in [0.29, 0.717) is 29.7 Å². The van der Waals surface area contributed by atoms with Gasteiger partial charge in [-0.15, -0.1) is 0 Å². The lowest BCUT2D eigenvalue weighted by molar-refractivity contribution is 0.0968. The van der Waals surface area contributed by atoms with Crippen molar-refractivity contribution in [2.45, 2.75) is 315 Å². The molecular weight excluding hydrogens is 1210 g/mol. The molecule has 0 bridgehead atoms. The van der Waals surface area contributed by atoms with Gasteiger partial charge in [-0.1, -0.05) is 251 Å². The maximum Gasteiger partial charge on any atom is 0.125 e. The summed E-state index contributed by atoms with van der Waals surface area (Å²) in [6, 6.07) is 23.7. The average molecular weight is 1350 g/mol. The number of halogens is 1. The summed E-state index contributed by atoms with van der Waals surface area (Å²) in [4.78, 5) is 0. The van der Waals surface area contributed by atoms with Crippen molar-refractivity contribution < 1.29 is 43.4 Å². The van der Waals surface area contributed by atoms with E-state index in [2.05, 4.69) is 92.6 Å². The highest BCUT2D eigenvalue weighted by Gasteiger charge is 2.08. The smallest absolute Gasteiger partial charge is 0.125 e. The number of ether oxygens (including phenoxy) is 7. The van der Waals surface area contributed by atoms with Gasteiger partial charge in [0.15, 0.2) is 0 Å². The van der Waals surface area contributed by atoms with Crippen molar-refractivity contribution >= 4 is 11.6 Å². The first-order valence-corrected chi connectivity index (χ1v) is 38.6. The van der Waals surface area contributed by atoms with Crippen LogP contribution >= 0.6 is 11.6 Å². The monoisotopic (exact) mass is 1350 g/mol. The fourth-order valence-electron chi connectivity index (χ4n) is 10.9. The Morgan fingerprint density at radius 3 is 1.06 bits per heavy atom. The molecule has 10 heteroatoms. The molecule has 0 saturated carbocycles. The average Bonchev–Trinajstić information content (AvgIpc) is 1.04. The summed E-state index contributed by atoms with van der Waals surface area (Å²) in [6.07, 6.45) is 44.4. The number of phenolic OH excluding ortho intramolecular Hbond substituents is 2. The van der Waals surface area contributed by atoms with Gasteiger partial charge in [0.05, 0.1) is 40.1 Å². The second-order valence-corrected chi connectivity index (χ2v) is 27.1. The van der Waals surface area contributed by atoms with Crippen LogP contribution in [-0.2, 0) is 4.74 Å². The van der Waals surface area contributed by atoms with E-state index in [4.69, 9.17) is 44.8 Å². The van der Waals surface area contributed by atoms with E-state index < -0.39 is 0 Å². The van der Waals surface area contributed by atoms with Gasteiger partial charge in [0.1, 0.15) is 52.6 Å². The minimum atomic E-state index is 0.347. The molecule has 0 saturated heterocycles. The number of aryl methyl sites for hydroxylation is 9. The summed E-state index contributed by atoms with van der Waals surface area (Å²) in [5.74, 6) is 6.25. The molecule has 0 spiro atoms. The van der Waals surface area contributed by atoms with Crippen LogP contribution in [0.4, 0.5) is 0 Å². The molecule has 96 heavy (non-hydrogen) atoms. The number of aromatic hydroxyl groups is 2. The van der Waals surface area contributed by atoms with Gasteiger partial charge in [-0.3, -0.25) is 0 Å². The third-order valence-corrected chi connectivity index (χ3v) is 17.7. The summed E-state index contributed by atoms with van der Waals surface area (Å²) in [7, 11) is 1.71. The minimum Gasteiger partial charge on any atom is -0.508 e. The van der Waals surface area contributed by atoms with Crippen LogP contribution in [0, 0.1) is 62.3 Å². The number of unbranched alkanes of at least 4 members (excludes halogenated alkanes) is 29. The number of methoxy groups -OCH3 is 1. The van der Waals surface area contributed by atoms with Crippen molar-refractivity contribution in [3.8, 4) is 46.0 Å². The highest BCUT2D eigenvalue weighted by atomic mass is 35.5. The van der Waals surface area contributed by atoms with E-state index in [9.17, 15) is 10.2 Å². The molecule has 0 radical (unpaired) electrons. The normalized spacial score (nSPS) is 10.7. The molecule has 0 atom stereocenters. The molecule has 5 aromatic carbocycles. The zero-order valence-corrected chi connectivity index (χ0v) is 64.8. The van der Waals surface area contributed by atoms with Crippen LogP contribution in [0.3, 0.4) is 0 Å². The van der Waals surface area contributed by atoms with Gasteiger partial charge in [0.2, 0.25) is 0 Å². The second-order valence-electron chi connectivity index (χ2n) is 26.7. The summed E-state index contributed by atoms with van der Waals surface area (Å²) in [6.45, 7) is 34.6. The Labute approximate surface area is 594 Å². The molecule has 0 aromatic heterocycles. The van der Waals surface area contributed by atoms with E-state index in [-0.39, 0.29) is 0 Å². The Morgan fingerprint density at radius 2 is 0.615 bits per heavy atom. The molecule has 5 rings (SSSR count). The third kappa shape index (κ3) is 45.4. The Morgan fingerprint density at radius 1 is 0.271 bits per heavy atom. The zero-order valence-electron chi connectivity index (χ0n) is 64.0. The van der Waals surface area contributed by atoms with Gasteiger partial charge >= 0.3 is 0 Å². The Bertz CT molecular complexity index is 2640. The Hall–Kier alpha value is -5.25. The van der Waals surface area contributed by atoms with Crippen molar-refractivity contribution in [3.63, 3.8) is 0 Å². The van der Waals surface area contributed by atoms with E-state index in [1.165, 1.54) is 208 Å². The van der Waals surface area contributed by atoms with E-state index >= 15 is 0 Å². The molecule has 0 unspecified atom stereocenters. The maximum atomic E-state index is 9.67. The third-order valence-electron chi connectivity index (χ3n) is 17.5. The number of benzene rings is 5. The molecule has 0 amide bonds. The van der Waals surface area contributed by atoms with Crippen LogP contribution in [0.2, 0.25) is 5.02 Å². The molecule has 5 aromatic rings. The number of hydrogen-bond donors (Lipinski definition) is 2. The van der Waals surface area contributed by atoms with Gasteiger partial charge < -0.3 is 43.4 Å². The van der Waals surface area contributed by atoms with Gasteiger partial charge in [-0.25, -0.2) is 0 Å². The lowest BCUT2D eigenvalue weighted by Crippen LogP contribution is -2.08. The predicted octanol–water partition coefficient (Wildman–Crippen LogP) is 26.6. The SMILES string of the molecule is CCCCCCCCCCCCOCCOc1cc(Cl)ccc1C.CCCCCCCCOc1cc(C)c(O)c(C)c1.CCCCCCCCOc1cc(C)c(O)cc1C.CCCCCCCCOc1ccc(C)c(OCCCCCCCC)c1.COc1cc(C)c(C)cc1C. The molecule has 0 aliphatic heterocycles. The van der Waals surface area contributed by atoms with Crippen LogP contribution in [-0.4, -0.2) is 63.6 Å². The molecule has 0 aliphatic carbocycles. The van der Waals surface area contributed by atoms with E-state index in [1.54, 1.807) is 13.2 Å². The minimum absolute atomic E-state index is 0.347. The van der Waals surface area contributed by atoms with Gasteiger partial charge in [0.25, 0.3) is 0 Å². The first-order chi connectivity index (χ1) is 46.5. The van der Waals surface area contributed by atoms with Crippen molar-refractivity contribution in [2.75, 3.05) is 53.4 Å². The topological polar surface area (TPSA) is 105 Å². The van der Waals surface area contributed by atoms with Crippen molar-refractivity contribution in [1.82, 2.24) is 0 Å². The van der Waals surface area contributed by atoms with Crippen LogP contribution < -0.4 is 28.4 Å². The quantitative estimate of drug-likeness (QED) is 0.0368. The highest BCUT2D eigenvalue weighted by molar-refractivity contribution is 6.30. The van der Waals surface area contributed by atoms with E-state index in [0.717, 1.165) is 127 Å². The standard InChI is InChI=1S/C23H40O2.C21H35ClO2.2C16H26O2.C10H14O/c1-4-6-8-10-12-14-18-24-22-17-16-21(3)23(20-22)25-19-15-13-11-9-7-5-2;1-3-4-5-6-7-8-9-10-11-12-15-23-16-17-24-21-18-20(22)14-13-19(21)2;1-4-5-6-7-8-9-10-18-16-12-13(2)15(17)11-14(16)3;1-4-5-6-7-8-9-10-18-15-11-13(2)16(17)14(3)12-15;1-7-5-9(3)10(11-4)6-8(7)2/h16-17,20H,4-15,18-19H2,1-3H3;13-14,18H,3-12,15-17H2,1-2H3;2*11-12,17H,4-10H2,1-3H3;5-6H,1-4H3. The largest absolute Gasteiger partial charge is 0.508 e. The van der Waals surface area contributed by atoms with Crippen LogP contribution in [0.1, 0.15) is 303 Å². The molecule has 9 nitrogen and oxygen atoms in total. The molecule has 0 aliphatic rings. The van der Waals surface area contributed by atoms with Crippen LogP contribution in [0.15, 0.2) is 72.8 Å². The maximum absolute atomic E-state index is 9.67. The molecule has 0 fully saturated rings. The summed E-state index contributed by atoms with van der Waals surface area (Å²) in [5.41, 5.74) is 9.75. The number of hydrogen-bond acceptors (Lipinski definition) is 9.